The van der Waals surface area contributed by atoms with Crippen molar-refractivity contribution >= 4 is 27.1 Å². The van der Waals surface area contributed by atoms with Gasteiger partial charge in [0.15, 0.2) is 21.5 Å². The van der Waals surface area contributed by atoms with Crippen molar-refractivity contribution in [3.8, 4) is 11.2 Å². The van der Waals surface area contributed by atoms with Gasteiger partial charge in [0, 0.05) is 17.7 Å². The van der Waals surface area contributed by atoms with Gasteiger partial charge in [-0.1, -0.05) is 11.3 Å². The van der Waals surface area contributed by atoms with Crippen molar-refractivity contribution in [1.82, 2.24) is 25.1 Å². The molecule has 1 fully saturated rings. The van der Waals surface area contributed by atoms with Crippen LogP contribution in [0.25, 0.3) is 5.13 Å². The summed E-state index contributed by atoms with van der Waals surface area (Å²) < 4.78 is 65.1. The summed E-state index contributed by atoms with van der Waals surface area (Å²) in [4.78, 5) is 21.2. The van der Waals surface area contributed by atoms with Crippen LogP contribution >= 0.6 is 11.3 Å². The van der Waals surface area contributed by atoms with E-state index in [1.54, 1.807) is 6.92 Å². The van der Waals surface area contributed by atoms with Crippen molar-refractivity contribution in [2.45, 2.75) is 42.8 Å². The number of thiazole rings is 1. The molecular weight excluding hydrogens is 493 g/mol. The first-order chi connectivity index (χ1) is 15.9. The first-order valence-electron chi connectivity index (χ1n) is 9.93. The van der Waals surface area contributed by atoms with E-state index in [0.29, 0.717) is 28.0 Å². The molecule has 3 aromatic rings. The zero-order chi connectivity index (χ0) is 24.8. The number of nitriles is 1. The van der Waals surface area contributed by atoms with Gasteiger partial charge < -0.3 is 5.32 Å². The van der Waals surface area contributed by atoms with Gasteiger partial charge in [0.1, 0.15) is 10.9 Å². The Labute approximate surface area is 196 Å². The molecule has 0 aliphatic heterocycles. The molecule has 1 saturated carbocycles. The van der Waals surface area contributed by atoms with Crippen LogP contribution in [-0.4, -0.2) is 40.3 Å². The average Bonchev–Trinajstić information content (AvgIpc) is 3.32. The van der Waals surface area contributed by atoms with Crippen LogP contribution < -0.4 is 5.32 Å². The van der Waals surface area contributed by atoms with Gasteiger partial charge in [-0.15, -0.1) is 5.10 Å². The molecule has 2 heterocycles. The summed E-state index contributed by atoms with van der Waals surface area (Å²) in [6, 6.07) is 3.14. The van der Waals surface area contributed by atoms with Gasteiger partial charge in [0.25, 0.3) is 5.91 Å². The largest absolute Gasteiger partial charge is 0.416 e. The number of alkyl halides is 3. The van der Waals surface area contributed by atoms with Gasteiger partial charge in [0.2, 0.25) is 5.13 Å². The molecule has 1 aliphatic rings. The Morgan fingerprint density at radius 1 is 1.32 bits per heavy atom. The lowest BCUT2D eigenvalue weighted by Gasteiger charge is -2.15. The molecule has 1 aliphatic carbocycles. The fourth-order valence-electron chi connectivity index (χ4n) is 3.14. The molecule has 1 aromatic carbocycles. The monoisotopic (exact) mass is 510 g/mol. The molecule has 0 spiro atoms. The van der Waals surface area contributed by atoms with Gasteiger partial charge in [-0.2, -0.15) is 23.1 Å². The molecule has 0 bridgehead atoms. The first kappa shape index (κ1) is 23.8. The number of carbonyl (C=O) groups excluding carboxylic acids is 1. The summed E-state index contributed by atoms with van der Waals surface area (Å²) >= 11 is 1.07. The van der Waals surface area contributed by atoms with Gasteiger partial charge in [0.05, 0.1) is 22.7 Å². The quantitative estimate of drug-likeness (QED) is 0.538. The first-order valence-corrected chi connectivity index (χ1v) is 12.6. The van der Waals surface area contributed by atoms with E-state index >= 15 is 0 Å². The number of halogens is 3. The Hall–Kier alpha value is -3.31. The van der Waals surface area contributed by atoms with E-state index in [0.717, 1.165) is 36.5 Å². The maximum atomic E-state index is 13.3. The minimum absolute atomic E-state index is 0.166. The van der Waals surface area contributed by atoms with Crippen LogP contribution in [0, 0.1) is 11.3 Å². The second-order valence-corrected chi connectivity index (χ2v) is 10.9. The van der Waals surface area contributed by atoms with E-state index < -0.39 is 44.0 Å². The average molecular weight is 511 g/mol. The zero-order valence-corrected chi connectivity index (χ0v) is 19.4. The number of hydrogen-bond acceptors (Lipinski definition) is 8. The van der Waals surface area contributed by atoms with E-state index in [1.807, 2.05) is 6.07 Å². The number of carbonyl (C=O) groups is 1. The minimum Gasteiger partial charge on any atom is -0.342 e. The van der Waals surface area contributed by atoms with Crippen molar-refractivity contribution in [2.24, 2.45) is 0 Å². The normalized spacial score (nSPS) is 15.1. The van der Waals surface area contributed by atoms with Gasteiger partial charge in [-0.3, -0.25) is 4.79 Å². The highest BCUT2D eigenvalue weighted by atomic mass is 32.2. The van der Waals surface area contributed by atoms with Crippen molar-refractivity contribution in [2.75, 3.05) is 6.26 Å². The number of aromatic nitrogens is 4. The number of sulfone groups is 1. The van der Waals surface area contributed by atoms with Crippen LogP contribution in [0.4, 0.5) is 13.2 Å². The van der Waals surface area contributed by atoms with Crippen LogP contribution in [0.2, 0.25) is 0 Å². The lowest BCUT2D eigenvalue weighted by atomic mass is 10.1. The third kappa shape index (κ3) is 4.95. The lowest BCUT2D eigenvalue weighted by Crippen LogP contribution is -2.29. The highest BCUT2D eigenvalue weighted by Crippen LogP contribution is 2.39. The number of hydrogen-bond donors (Lipinski definition) is 1. The minimum atomic E-state index is -4.84. The van der Waals surface area contributed by atoms with Crippen molar-refractivity contribution in [1.29, 1.82) is 5.26 Å². The van der Waals surface area contributed by atoms with Gasteiger partial charge in [-0.25, -0.2) is 18.4 Å². The molecular formula is C20H17F3N6O3S2. The molecule has 0 radical (unpaired) electrons. The Kier molecular flexibility index (Phi) is 5.94. The molecule has 9 nitrogen and oxygen atoms in total. The number of nitrogens with one attached hydrogen (secondary N) is 1. The Morgan fingerprint density at radius 3 is 2.59 bits per heavy atom. The summed E-state index contributed by atoms with van der Waals surface area (Å²) in [5.41, 5.74) is -1.71. The fraction of sp³-hybridized carbons (Fsp3) is 0.350. The SMILES string of the molecule is C[C@H](NC(=O)c1cc(C(F)(F)F)cc(S(C)(=O)=O)c1)c1nc(C2CC2)nn1-c1ncc(C#N)s1. The van der Waals surface area contributed by atoms with Crippen molar-refractivity contribution < 1.29 is 26.4 Å². The predicted molar refractivity (Wildman–Crippen MR) is 114 cm³/mol. The van der Waals surface area contributed by atoms with Crippen molar-refractivity contribution in [3.05, 3.63) is 52.0 Å². The zero-order valence-electron chi connectivity index (χ0n) is 17.8. The number of nitrogens with zero attached hydrogens (tertiary/aromatic N) is 5. The van der Waals surface area contributed by atoms with Crippen LogP contribution in [0.3, 0.4) is 0 Å². The molecule has 0 unspecified atom stereocenters. The van der Waals surface area contributed by atoms with Gasteiger partial charge >= 0.3 is 6.18 Å². The molecule has 14 heteroatoms. The summed E-state index contributed by atoms with van der Waals surface area (Å²) in [6.07, 6.45) is -0.892. The summed E-state index contributed by atoms with van der Waals surface area (Å²) in [6.45, 7) is 1.57. The summed E-state index contributed by atoms with van der Waals surface area (Å²) in [5, 5.41) is 16.4. The van der Waals surface area contributed by atoms with Crippen LogP contribution in [0.15, 0.2) is 29.3 Å². The van der Waals surface area contributed by atoms with Gasteiger partial charge in [-0.05, 0) is 38.0 Å². The second kappa shape index (κ2) is 8.48. The summed E-state index contributed by atoms with van der Waals surface area (Å²) in [7, 11) is -4.00. The molecule has 2 aromatic heterocycles. The van der Waals surface area contributed by atoms with E-state index in [1.165, 1.54) is 10.9 Å². The van der Waals surface area contributed by atoms with E-state index in [4.69, 9.17) is 5.26 Å². The smallest absolute Gasteiger partial charge is 0.342 e. The molecule has 178 valence electrons. The Bertz CT molecular complexity index is 1420. The van der Waals surface area contributed by atoms with Crippen LogP contribution in [0.1, 0.15) is 64.2 Å². The number of rotatable bonds is 6. The predicted octanol–water partition coefficient (Wildman–Crippen LogP) is 3.39. The maximum Gasteiger partial charge on any atom is 0.416 e. The summed E-state index contributed by atoms with van der Waals surface area (Å²) in [5.74, 6) is 0.0783. The molecule has 4 rings (SSSR count). The second-order valence-electron chi connectivity index (χ2n) is 7.84. The molecule has 1 amide bonds. The van der Waals surface area contributed by atoms with E-state index in [2.05, 4.69) is 20.4 Å². The van der Waals surface area contributed by atoms with E-state index in [9.17, 15) is 26.4 Å². The molecule has 1 N–H and O–H groups in total. The third-order valence-corrected chi connectivity index (χ3v) is 7.00. The lowest BCUT2D eigenvalue weighted by molar-refractivity contribution is -0.137. The highest BCUT2D eigenvalue weighted by molar-refractivity contribution is 7.90. The molecule has 1 atom stereocenters. The topological polar surface area (TPSA) is 131 Å². The molecule has 34 heavy (non-hydrogen) atoms. The fourth-order valence-corrected chi connectivity index (χ4v) is 4.50. The number of amides is 1. The highest BCUT2D eigenvalue weighted by Gasteiger charge is 2.34. The van der Waals surface area contributed by atoms with Crippen molar-refractivity contribution in [3.63, 3.8) is 0 Å². The van der Waals surface area contributed by atoms with E-state index in [-0.39, 0.29) is 11.7 Å². The Balaban J connectivity index is 1.68. The third-order valence-electron chi connectivity index (χ3n) is 5.04. The maximum absolute atomic E-state index is 13.3. The Morgan fingerprint density at radius 2 is 2.03 bits per heavy atom. The molecule has 0 saturated heterocycles. The van der Waals surface area contributed by atoms with Crippen LogP contribution in [-0.2, 0) is 16.0 Å². The number of benzene rings is 1. The van der Waals surface area contributed by atoms with Crippen LogP contribution in [0.5, 0.6) is 0 Å². The standard InChI is InChI=1S/C20H17F3N6O3S2/c1-10(17-27-16(11-3-4-11)28-29(17)19-25-9-14(8-24)33-19)26-18(30)12-5-13(20(21,22)23)7-15(6-12)34(2,31)32/h5-7,9-11H,3-4H2,1-2H3,(H,26,30)/t10-/m0/s1.